The maximum absolute atomic E-state index is 12.8. The minimum atomic E-state index is -1.07. The van der Waals surface area contributed by atoms with Gasteiger partial charge in [0.15, 0.2) is 0 Å². The predicted molar refractivity (Wildman–Crippen MR) is 99.8 cm³/mol. The lowest BCUT2D eigenvalue weighted by Crippen LogP contribution is -2.44. The average Bonchev–Trinajstić information content (AvgIpc) is 2.89. The van der Waals surface area contributed by atoms with Crippen molar-refractivity contribution in [1.82, 2.24) is 5.32 Å². The first kappa shape index (κ1) is 17.8. The van der Waals surface area contributed by atoms with Crippen LogP contribution in [0.5, 0.6) is 0 Å². The van der Waals surface area contributed by atoms with E-state index in [1.165, 1.54) is 0 Å². The fourth-order valence-electron chi connectivity index (χ4n) is 3.00. The van der Waals surface area contributed by atoms with E-state index in [0.29, 0.717) is 23.0 Å². The second kappa shape index (κ2) is 7.06. The molecule has 0 saturated carbocycles. The van der Waals surface area contributed by atoms with E-state index in [1.54, 1.807) is 30.0 Å². The molecule has 0 radical (unpaired) electrons. The molecule has 3 rings (SSSR count). The molecular formula is C19H18Cl2N2O2. The Labute approximate surface area is 156 Å². The highest BCUT2D eigenvalue weighted by Gasteiger charge is 2.48. The van der Waals surface area contributed by atoms with Gasteiger partial charge in [0, 0.05) is 28.8 Å². The predicted octanol–water partition coefficient (Wildman–Crippen LogP) is 4.05. The maximum atomic E-state index is 12.8. The van der Waals surface area contributed by atoms with Crippen LogP contribution in [0.2, 0.25) is 10.0 Å². The Morgan fingerprint density at radius 2 is 1.80 bits per heavy atom. The molecule has 0 spiro atoms. The lowest BCUT2D eigenvalue weighted by molar-refractivity contribution is -0.138. The monoisotopic (exact) mass is 376 g/mol. The third-order valence-corrected chi connectivity index (χ3v) is 4.93. The van der Waals surface area contributed by atoms with E-state index in [4.69, 9.17) is 23.2 Å². The fraction of sp³-hybridized carbons (Fsp3) is 0.263. The van der Waals surface area contributed by atoms with E-state index in [1.807, 2.05) is 30.3 Å². The molecule has 0 unspecified atom stereocenters. The molecule has 2 aromatic carbocycles. The summed E-state index contributed by atoms with van der Waals surface area (Å²) < 4.78 is 0. The number of anilines is 1. The summed E-state index contributed by atoms with van der Waals surface area (Å²) in [5.74, 6) is -0.465. The van der Waals surface area contributed by atoms with Crippen LogP contribution in [0.25, 0.3) is 0 Å². The highest BCUT2D eigenvalue weighted by Crippen LogP contribution is 2.35. The molecule has 2 aromatic rings. The second-order valence-corrected chi connectivity index (χ2v) is 7.21. The molecule has 1 aliphatic rings. The first-order valence-electron chi connectivity index (χ1n) is 8.00. The van der Waals surface area contributed by atoms with Crippen LogP contribution < -0.4 is 10.2 Å². The molecule has 25 heavy (non-hydrogen) atoms. The number of carbonyl (C=O) groups excluding carboxylic acids is 2. The average molecular weight is 377 g/mol. The van der Waals surface area contributed by atoms with Gasteiger partial charge >= 0.3 is 0 Å². The number of hydrogen-bond donors (Lipinski definition) is 1. The van der Waals surface area contributed by atoms with E-state index in [2.05, 4.69) is 5.32 Å². The SMILES string of the molecule is C[C@]1(C(=O)NCc2cc(Cl)cc(Cl)c2)CCN(c2ccccc2)C1=O. The van der Waals surface area contributed by atoms with Gasteiger partial charge < -0.3 is 10.2 Å². The molecule has 0 bridgehead atoms. The van der Waals surface area contributed by atoms with Crippen LogP contribution >= 0.6 is 23.2 Å². The lowest BCUT2D eigenvalue weighted by Gasteiger charge is -2.23. The fourth-order valence-corrected chi connectivity index (χ4v) is 3.57. The smallest absolute Gasteiger partial charge is 0.242 e. The van der Waals surface area contributed by atoms with Crippen molar-refractivity contribution in [1.29, 1.82) is 0 Å². The molecule has 1 aliphatic heterocycles. The van der Waals surface area contributed by atoms with Crippen molar-refractivity contribution < 1.29 is 9.59 Å². The standard InChI is InChI=1S/C19H18Cl2N2O2/c1-19(7-8-23(18(19)25)16-5-3-2-4-6-16)17(24)22-12-13-9-14(20)11-15(21)10-13/h2-6,9-11H,7-8,12H2,1H3,(H,22,24)/t19-/m1/s1. The normalized spacial score (nSPS) is 20.0. The highest BCUT2D eigenvalue weighted by atomic mass is 35.5. The van der Waals surface area contributed by atoms with E-state index >= 15 is 0 Å². The third kappa shape index (κ3) is 3.65. The molecule has 0 aliphatic carbocycles. The van der Waals surface area contributed by atoms with Gasteiger partial charge in [0.25, 0.3) is 0 Å². The Hall–Kier alpha value is -2.04. The zero-order chi connectivity index (χ0) is 18.0. The van der Waals surface area contributed by atoms with Gasteiger partial charge in [-0.05, 0) is 49.2 Å². The van der Waals surface area contributed by atoms with Gasteiger partial charge in [0.2, 0.25) is 11.8 Å². The summed E-state index contributed by atoms with van der Waals surface area (Å²) in [6.45, 7) is 2.49. The van der Waals surface area contributed by atoms with Gasteiger partial charge in [0.1, 0.15) is 5.41 Å². The molecule has 6 heteroatoms. The van der Waals surface area contributed by atoms with Crippen molar-refractivity contribution in [2.75, 3.05) is 11.4 Å². The Morgan fingerprint density at radius 3 is 2.44 bits per heavy atom. The number of rotatable bonds is 4. The molecule has 1 atom stereocenters. The highest BCUT2D eigenvalue weighted by molar-refractivity contribution is 6.34. The molecule has 1 N–H and O–H groups in total. The maximum Gasteiger partial charge on any atom is 0.242 e. The quantitative estimate of drug-likeness (QED) is 0.818. The number of nitrogens with one attached hydrogen (secondary N) is 1. The minimum Gasteiger partial charge on any atom is -0.351 e. The van der Waals surface area contributed by atoms with E-state index < -0.39 is 5.41 Å². The Balaban J connectivity index is 1.70. The van der Waals surface area contributed by atoms with Crippen molar-refractivity contribution in [3.63, 3.8) is 0 Å². The second-order valence-electron chi connectivity index (χ2n) is 6.33. The van der Waals surface area contributed by atoms with Crippen molar-refractivity contribution >= 4 is 40.7 Å². The van der Waals surface area contributed by atoms with Crippen molar-refractivity contribution in [3.05, 3.63) is 64.1 Å². The molecule has 1 heterocycles. The first-order chi connectivity index (χ1) is 11.9. The van der Waals surface area contributed by atoms with Gasteiger partial charge in [-0.1, -0.05) is 41.4 Å². The summed E-state index contributed by atoms with van der Waals surface area (Å²) in [4.78, 5) is 27.1. The Bertz CT molecular complexity index is 790. The van der Waals surface area contributed by atoms with E-state index in [9.17, 15) is 9.59 Å². The van der Waals surface area contributed by atoms with Gasteiger partial charge in [0.05, 0.1) is 0 Å². The topological polar surface area (TPSA) is 49.4 Å². The van der Waals surface area contributed by atoms with Crippen molar-refractivity contribution in [2.45, 2.75) is 19.9 Å². The number of hydrogen-bond acceptors (Lipinski definition) is 2. The lowest BCUT2D eigenvalue weighted by atomic mass is 9.87. The van der Waals surface area contributed by atoms with Crippen molar-refractivity contribution in [2.24, 2.45) is 5.41 Å². The number of amides is 2. The number of carbonyl (C=O) groups is 2. The number of halogens is 2. The zero-order valence-corrected chi connectivity index (χ0v) is 15.3. The molecular weight excluding hydrogens is 359 g/mol. The summed E-state index contributed by atoms with van der Waals surface area (Å²) in [7, 11) is 0. The van der Waals surface area contributed by atoms with Crippen LogP contribution in [0.1, 0.15) is 18.9 Å². The molecule has 0 aromatic heterocycles. The molecule has 4 nitrogen and oxygen atoms in total. The van der Waals surface area contributed by atoms with Gasteiger partial charge in [-0.15, -0.1) is 0 Å². The van der Waals surface area contributed by atoms with Crippen LogP contribution in [0.3, 0.4) is 0 Å². The minimum absolute atomic E-state index is 0.180. The van der Waals surface area contributed by atoms with Crippen LogP contribution in [0.4, 0.5) is 5.69 Å². The largest absolute Gasteiger partial charge is 0.351 e. The Morgan fingerprint density at radius 1 is 1.16 bits per heavy atom. The summed E-state index contributed by atoms with van der Waals surface area (Å²) in [5, 5.41) is 3.85. The van der Waals surface area contributed by atoms with Gasteiger partial charge in [-0.25, -0.2) is 0 Å². The summed E-state index contributed by atoms with van der Waals surface area (Å²) in [6.07, 6.45) is 0.475. The van der Waals surface area contributed by atoms with Crippen LogP contribution in [-0.4, -0.2) is 18.4 Å². The van der Waals surface area contributed by atoms with E-state index in [-0.39, 0.29) is 18.4 Å². The number of benzene rings is 2. The summed E-state index contributed by atoms with van der Waals surface area (Å²) >= 11 is 11.9. The number of nitrogens with zero attached hydrogens (tertiary/aromatic N) is 1. The van der Waals surface area contributed by atoms with Crippen LogP contribution in [0, 0.1) is 5.41 Å². The van der Waals surface area contributed by atoms with Gasteiger partial charge in [-0.3, -0.25) is 9.59 Å². The molecule has 1 saturated heterocycles. The Kier molecular flexibility index (Phi) is 5.02. The van der Waals surface area contributed by atoms with E-state index in [0.717, 1.165) is 11.3 Å². The number of para-hydroxylation sites is 1. The summed E-state index contributed by atoms with van der Waals surface area (Å²) in [6, 6.07) is 14.5. The first-order valence-corrected chi connectivity index (χ1v) is 8.76. The summed E-state index contributed by atoms with van der Waals surface area (Å²) in [5.41, 5.74) is 0.531. The van der Waals surface area contributed by atoms with Crippen LogP contribution in [-0.2, 0) is 16.1 Å². The van der Waals surface area contributed by atoms with Crippen molar-refractivity contribution in [3.8, 4) is 0 Å². The molecule has 130 valence electrons. The van der Waals surface area contributed by atoms with Gasteiger partial charge in [-0.2, -0.15) is 0 Å². The molecule has 2 amide bonds. The zero-order valence-electron chi connectivity index (χ0n) is 13.8. The molecule has 1 fully saturated rings. The van der Waals surface area contributed by atoms with Crippen LogP contribution in [0.15, 0.2) is 48.5 Å². The third-order valence-electron chi connectivity index (χ3n) is 4.50.